The van der Waals surface area contributed by atoms with Crippen molar-refractivity contribution in [2.24, 2.45) is 0 Å². The van der Waals surface area contributed by atoms with Crippen LogP contribution >= 0.6 is 0 Å². The fourth-order valence-corrected chi connectivity index (χ4v) is 1.55. The molecule has 19 heavy (non-hydrogen) atoms. The average Bonchev–Trinajstić information content (AvgIpc) is 2.44. The summed E-state index contributed by atoms with van der Waals surface area (Å²) in [5, 5.41) is 21.2. The molecule has 0 amide bonds. The first kappa shape index (κ1) is 15.8. The van der Waals surface area contributed by atoms with E-state index in [2.05, 4.69) is 5.32 Å². The normalized spacial score (nSPS) is 12.2. The Morgan fingerprint density at radius 2 is 2.11 bits per heavy atom. The second kappa shape index (κ2) is 8.74. The first-order valence-corrected chi connectivity index (χ1v) is 6.53. The molecule has 0 bridgehead atoms. The number of hydrogen-bond acceptors (Lipinski definition) is 5. The molecule has 1 unspecified atom stereocenters. The summed E-state index contributed by atoms with van der Waals surface area (Å²) in [6.45, 7) is 3.12. The number of aliphatic hydroxyl groups excluding tert-OH is 2. The van der Waals surface area contributed by atoms with Gasteiger partial charge in [0.05, 0.1) is 13.2 Å². The molecule has 0 heterocycles. The lowest BCUT2D eigenvalue weighted by Crippen LogP contribution is -2.22. The maximum absolute atomic E-state index is 9.33. The molecule has 5 nitrogen and oxygen atoms in total. The molecule has 0 saturated carbocycles. The highest BCUT2D eigenvalue weighted by Crippen LogP contribution is 2.25. The Balaban J connectivity index is 2.75. The molecule has 0 aliphatic rings. The van der Waals surface area contributed by atoms with Gasteiger partial charge in [-0.05, 0) is 19.5 Å². The highest BCUT2D eigenvalue weighted by atomic mass is 16.5. The predicted molar refractivity (Wildman–Crippen MR) is 73.6 cm³/mol. The maximum atomic E-state index is 9.33. The second-order valence-electron chi connectivity index (χ2n) is 4.30. The summed E-state index contributed by atoms with van der Waals surface area (Å²) in [6.07, 6.45) is 0.0696. The first-order valence-electron chi connectivity index (χ1n) is 6.53. The van der Waals surface area contributed by atoms with Crippen molar-refractivity contribution in [1.82, 2.24) is 5.32 Å². The highest BCUT2D eigenvalue weighted by Gasteiger charge is 2.08. The number of nitrogens with one attached hydrogen (secondary N) is 1. The molecule has 0 fully saturated rings. The van der Waals surface area contributed by atoms with Crippen LogP contribution in [0.25, 0.3) is 0 Å². The van der Waals surface area contributed by atoms with Gasteiger partial charge in [-0.3, -0.25) is 0 Å². The largest absolute Gasteiger partial charge is 0.493 e. The summed E-state index contributed by atoms with van der Waals surface area (Å²) in [5.41, 5.74) is 0.983. The quantitative estimate of drug-likeness (QED) is 0.622. The van der Waals surface area contributed by atoms with Gasteiger partial charge in [0.2, 0.25) is 0 Å². The Bertz CT molecular complexity index is 370. The molecule has 0 radical (unpaired) electrons. The van der Waals surface area contributed by atoms with Crippen LogP contribution in [0.2, 0.25) is 0 Å². The van der Waals surface area contributed by atoms with E-state index < -0.39 is 6.10 Å². The van der Waals surface area contributed by atoms with Crippen LogP contribution in [-0.2, 0) is 6.54 Å². The van der Waals surface area contributed by atoms with E-state index in [1.54, 1.807) is 0 Å². The summed E-state index contributed by atoms with van der Waals surface area (Å²) < 4.78 is 11.1. The smallest absolute Gasteiger partial charge is 0.127 e. The Kier molecular flexibility index (Phi) is 7.25. The molecule has 5 heteroatoms. The van der Waals surface area contributed by atoms with Gasteiger partial charge in [0, 0.05) is 18.2 Å². The minimum Gasteiger partial charge on any atom is -0.493 e. The fraction of sp³-hybridized carbons (Fsp3) is 0.571. The van der Waals surface area contributed by atoms with E-state index in [-0.39, 0.29) is 13.2 Å². The zero-order valence-corrected chi connectivity index (χ0v) is 11.6. The van der Waals surface area contributed by atoms with Gasteiger partial charge in [0.25, 0.3) is 0 Å². The van der Waals surface area contributed by atoms with E-state index in [0.717, 1.165) is 17.7 Å². The van der Waals surface area contributed by atoms with Gasteiger partial charge in [-0.15, -0.1) is 0 Å². The van der Waals surface area contributed by atoms with Crippen molar-refractivity contribution in [3.63, 3.8) is 0 Å². The minimum absolute atomic E-state index is 0.0600. The molecule has 108 valence electrons. The third-order valence-corrected chi connectivity index (χ3v) is 2.52. The van der Waals surface area contributed by atoms with E-state index in [9.17, 15) is 5.11 Å². The SMILES string of the molecule is CCCOc1ccc(CNC)c(OCC(O)CO)c1. The Hall–Kier alpha value is -1.30. The van der Waals surface area contributed by atoms with Crippen molar-refractivity contribution in [2.75, 3.05) is 26.9 Å². The molecule has 0 aliphatic heterocycles. The topological polar surface area (TPSA) is 71.0 Å². The molecule has 0 saturated heterocycles. The fourth-order valence-electron chi connectivity index (χ4n) is 1.55. The van der Waals surface area contributed by atoms with E-state index in [4.69, 9.17) is 14.6 Å². The summed E-state index contributed by atoms with van der Waals surface area (Å²) in [6, 6.07) is 5.65. The summed E-state index contributed by atoms with van der Waals surface area (Å²) in [4.78, 5) is 0. The summed E-state index contributed by atoms with van der Waals surface area (Å²) in [7, 11) is 1.86. The van der Waals surface area contributed by atoms with Crippen LogP contribution in [0.5, 0.6) is 11.5 Å². The zero-order chi connectivity index (χ0) is 14.1. The van der Waals surface area contributed by atoms with Gasteiger partial charge in [-0.2, -0.15) is 0 Å². The van der Waals surface area contributed by atoms with Crippen molar-refractivity contribution in [1.29, 1.82) is 0 Å². The van der Waals surface area contributed by atoms with Crippen LogP contribution in [0, 0.1) is 0 Å². The van der Waals surface area contributed by atoms with Crippen LogP contribution in [0.4, 0.5) is 0 Å². The Morgan fingerprint density at radius 3 is 2.74 bits per heavy atom. The molecular weight excluding hydrogens is 246 g/mol. The van der Waals surface area contributed by atoms with Crippen molar-refractivity contribution in [2.45, 2.75) is 26.0 Å². The molecule has 1 aromatic rings. The van der Waals surface area contributed by atoms with E-state index >= 15 is 0 Å². The number of benzene rings is 1. The molecule has 3 N–H and O–H groups in total. The zero-order valence-electron chi connectivity index (χ0n) is 11.6. The number of ether oxygens (including phenoxy) is 2. The van der Waals surface area contributed by atoms with Crippen LogP contribution in [0.15, 0.2) is 18.2 Å². The monoisotopic (exact) mass is 269 g/mol. The predicted octanol–water partition coefficient (Wildman–Crippen LogP) is 0.927. The van der Waals surface area contributed by atoms with Gasteiger partial charge in [0.15, 0.2) is 0 Å². The number of hydrogen-bond donors (Lipinski definition) is 3. The highest BCUT2D eigenvalue weighted by molar-refractivity contribution is 5.40. The maximum Gasteiger partial charge on any atom is 0.127 e. The molecule has 1 atom stereocenters. The lowest BCUT2D eigenvalue weighted by atomic mass is 10.2. The van der Waals surface area contributed by atoms with E-state index in [0.29, 0.717) is 18.9 Å². The van der Waals surface area contributed by atoms with Gasteiger partial charge in [0.1, 0.15) is 24.2 Å². The molecule has 1 rings (SSSR count). The van der Waals surface area contributed by atoms with Crippen molar-refractivity contribution in [3.8, 4) is 11.5 Å². The van der Waals surface area contributed by atoms with Gasteiger partial charge in [-0.1, -0.05) is 13.0 Å². The first-order chi connectivity index (χ1) is 9.21. The third-order valence-electron chi connectivity index (χ3n) is 2.52. The standard InChI is InChI=1S/C14H23NO4/c1-3-6-18-13-5-4-11(8-15-2)14(7-13)19-10-12(17)9-16/h4-5,7,12,15-17H,3,6,8-10H2,1-2H3. The average molecular weight is 269 g/mol. The summed E-state index contributed by atoms with van der Waals surface area (Å²) >= 11 is 0. The van der Waals surface area contributed by atoms with Crippen LogP contribution in [0.3, 0.4) is 0 Å². The van der Waals surface area contributed by atoms with Gasteiger partial charge < -0.3 is 25.0 Å². The van der Waals surface area contributed by atoms with Crippen LogP contribution in [0.1, 0.15) is 18.9 Å². The lowest BCUT2D eigenvalue weighted by Gasteiger charge is -2.15. The van der Waals surface area contributed by atoms with Crippen LogP contribution < -0.4 is 14.8 Å². The second-order valence-corrected chi connectivity index (χ2v) is 4.30. The van der Waals surface area contributed by atoms with Gasteiger partial charge >= 0.3 is 0 Å². The molecular formula is C14H23NO4. The minimum atomic E-state index is -0.873. The molecule has 0 aromatic heterocycles. The molecule has 0 aliphatic carbocycles. The Morgan fingerprint density at radius 1 is 1.32 bits per heavy atom. The Labute approximate surface area is 114 Å². The van der Waals surface area contributed by atoms with E-state index in [1.165, 1.54) is 0 Å². The molecule has 1 aromatic carbocycles. The third kappa shape index (κ3) is 5.46. The van der Waals surface area contributed by atoms with Gasteiger partial charge in [-0.25, -0.2) is 0 Å². The molecule has 0 spiro atoms. The van der Waals surface area contributed by atoms with E-state index in [1.807, 2.05) is 32.2 Å². The van der Waals surface area contributed by atoms with Crippen molar-refractivity contribution >= 4 is 0 Å². The number of rotatable bonds is 9. The van der Waals surface area contributed by atoms with Crippen molar-refractivity contribution < 1.29 is 19.7 Å². The van der Waals surface area contributed by atoms with Crippen molar-refractivity contribution in [3.05, 3.63) is 23.8 Å². The summed E-state index contributed by atoms with van der Waals surface area (Å²) in [5.74, 6) is 1.41. The lowest BCUT2D eigenvalue weighted by molar-refractivity contribution is 0.0532. The number of aliphatic hydroxyl groups is 2. The van der Waals surface area contributed by atoms with Crippen LogP contribution in [-0.4, -0.2) is 43.2 Å².